The van der Waals surface area contributed by atoms with Crippen molar-refractivity contribution >= 4 is 17.0 Å². The fourth-order valence-corrected chi connectivity index (χ4v) is 2.53. The summed E-state index contributed by atoms with van der Waals surface area (Å²) in [6.45, 7) is 4.13. The van der Waals surface area contributed by atoms with Gasteiger partial charge in [-0.1, -0.05) is 12.1 Å². The molecule has 3 rings (SSSR count). The lowest BCUT2D eigenvalue weighted by atomic mass is 10.1. The molecule has 0 spiro atoms. The molecule has 0 fully saturated rings. The summed E-state index contributed by atoms with van der Waals surface area (Å²) in [5, 5.41) is 4.43. The van der Waals surface area contributed by atoms with E-state index in [-0.39, 0.29) is 6.04 Å². The van der Waals surface area contributed by atoms with E-state index < -0.39 is 0 Å². The lowest BCUT2D eigenvalue weighted by Crippen LogP contribution is -2.23. The summed E-state index contributed by atoms with van der Waals surface area (Å²) in [7, 11) is 2.04. The first-order valence-electron chi connectivity index (χ1n) is 6.95. The number of fused-ring (bicyclic) bond motifs is 1. The van der Waals surface area contributed by atoms with Crippen molar-refractivity contribution in [3.05, 3.63) is 54.0 Å². The van der Waals surface area contributed by atoms with Crippen LogP contribution in [0, 0.1) is 6.92 Å². The van der Waals surface area contributed by atoms with E-state index in [1.54, 1.807) is 6.20 Å². The number of benzene rings is 1. The molecule has 0 saturated heterocycles. The smallest absolute Gasteiger partial charge is 0.154 e. The third-order valence-electron chi connectivity index (χ3n) is 3.80. The SMILES string of the molecule is Cc1cc2c(N(C)C(C)c3cccc(N)c3)nccn2n1. The topological polar surface area (TPSA) is 59.5 Å². The maximum Gasteiger partial charge on any atom is 0.154 e. The normalized spacial score (nSPS) is 12.5. The molecule has 2 N–H and O–H groups in total. The van der Waals surface area contributed by atoms with E-state index in [4.69, 9.17) is 5.73 Å². The predicted octanol–water partition coefficient (Wildman–Crippen LogP) is 2.82. The molecule has 0 amide bonds. The zero-order chi connectivity index (χ0) is 15.0. The highest BCUT2D eigenvalue weighted by molar-refractivity contribution is 5.69. The van der Waals surface area contributed by atoms with Crippen molar-refractivity contribution in [3.8, 4) is 0 Å². The number of nitrogen functional groups attached to an aromatic ring is 1. The second-order valence-electron chi connectivity index (χ2n) is 5.32. The summed E-state index contributed by atoms with van der Waals surface area (Å²) in [6, 6.07) is 10.2. The second kappa shape index (κ2) is 5.09. The van der Waals surface area contributed by atoms with Crippen LogP contribution in [0.25, 0.3) is 5.52 Å². The Morgan fingerprint density at radius 1 is 1.29 bits per heavy atom. The molecule has 0 aliphatic carbocycles. The molecule has 0 aliphatic heterocycles. The Kier molecular flexibility index (Phi) is 3.25. The highest BCUT2D eigenvalue weighted by Gasteiger charge is 2.17. The number of rotatable bonds is 3. The van der Waals surface area contributed by atoms with Gasteiger partial charge in [0.1, 0.15) is 5.52 Å². The van der Waals surface area contributed by atoms with Crippen LogP contribution in [0.5, 0.6) is 0 Å². The Bertz CT molecular complexity index is 777. The Labute approximate surface area is 124 Å². The van der Waals surface area contributed by atoms with Gasteiger partial charge in [0.2, 0.25) is 0 Å². The summed E-state index contributed by atoms with van der Waals surface area (Å²) < 4.78 is 1.86. The number of aromatic nitrogens is 3. The van der Waals surface area contributed by atoms with E-state index >= 15 is 0 Å². The van der Waals surface area contributed by atoms with Gasteiger partial charge in [-0.15, -0.1) is 0 Å². The Balaban J connectivity index is 2.01. The number of nitrogens with two attached hydrogens (primary N) is 1. The predicted molar refractivity (Wildman–Crippen MR) is 85.4 cm³/mol. The van der Waals surface area contributed by atoms with Crippen LogP contribution in [0.3, 0.4) is 0 Å². The molecule has 0 aliphatic rings. The van der Waals surface area contributed by atoms with Crippen LogP contribution in [0.15, 0.2) is 42.7 Å². The van der Waals surface area contributed by atoms with Gasteiger partial charge < -0.3 is 10.6 Å². The highest BCUT2D eigenvalue weighted by Crippen LogP contribution is 2.27. The van der Waals surface area contributed by atoms with Crippen molar-refractivity contribution in [1.29, 1.82) is 0 Å². The van der Waals surface area contributed by atoms with Crippen molar-refractivity contribution in [2.75, 3.05) is 17.7 Å². The van der Waals surface area contributed by atoms with Gasteiger partial charge in [0.05, 0.1) is 11.7 Å². The molecular formula is C16H19N5. The van der Waals surface area contributed by atoms with E-state index in [0.717, 1.165) is 28.3 Å². The van der Waals surface area contributed by atoms with E-state index in [1.807, 2.05) is 48.9 Å². The van der Waals surface area contributed by atoms with Gasteiger partial charge in [-0.25, -0.2) is 9.50 Å². The molecule has 1 unspecified atom stereocenters. The third-order valence-corrected chi connectivity index (χ3v) is 3.80. The molecule has 0 saturated carbocycles. The number of hydrogen-bond donors (Lipinski definition) is 1. The van der Waals surface area contributed by atoms with Crippen LogP contribution in [-0.4, -0.2) is 21.6 Å². The summed E-state index contributed by atoms with van der Waals surface area (Å²) in [5.74, 6) is 0.910. The minimum absolute atomic E-state index is 0.169. The number of aryl methyl sites for hydroxylation is 1. The summed E-state index contributed by atoms with van der Waals surface area (Å²) in [6.07, 6.45) is 3.64. The molecule has 2 heterocycles. The number of nitrogens with zero attached hydrogens (tertiary/aromatic N) is 4. The maximum absolute atomic E-state index is 5.88. The van der Waals surface area contributed by atoms with Gasteiger partial charge in [0.25, 0.3) is 0 Å². The average Bonchev–Trinajstić information content (AvgIpc) is 2.85. The van der Waals surface area contributed by atoms with Crippen LogP contribution < -0.4 is 10.6 Å². The largest absolute Gasteiger partial charge is 0.399 e. The molecule has 0 radical (unpaired) electrons. The first-order chi connectivity index (χ1) is 10.1. The molecule has 1 aromatic carbocycles. The van der Waals surface area contributed by atoms with Crippen molar-refractivity contribution in [1.82, 2.24) is 14.6 Å². The zero-order valence-electron chi connectivity index (χ0n) is 12.5. The summed E-state index contributed by atoms with van der Waals surface area (Å²) in [5.41, 5.74) is 9.81. The van der Waals surface area contributed by atoms with Crippen LogP contribution in [-0.2, 0) is 0 Å². The quantitative estimate of drug-likeness (QED) is 0.750. The van der Waals surface area contributed by atoms with Gasteiger partial charge in [0, 0.05) is 25.1 Å². The third kappa shape index (κ3) is 2.42. The maximum atomic E-state index is 5.88. The molecule has 1 atom stereocenters. The lowest BCUT2D eigenvalue weighted by Gasteiger charge is -2.27. The Hall–Kier alpha value is -2.56. The molecule has 3 aromatic rings. The standard InChI is InChI=1S/C16H19N5/c1-11-9-15-16(18-7-8-21(15)19-11)20(3)12(2)13-5-4-6-14(17)10-13/h4-10,12H,17H2,1-3H3. The van der Waals surface area contributed by atoms with Gasteiger partial charge in [-0.3, -0.25) is 0 Å². The monoisotopic (exact) mass is 281 g/mol. The van der Waals surface area contributed by atoms with Crippen molar-refractivity contribution < 1.29 is 0 Å². The van der Waals surface area contributed by atoms with Gasteiger partial charge in [-0.05, 0) is 37.6 Å². The van der Waals surface area contributed by atoms with Crippen LogP contribution in [0.1, 0.15) is 24.2 Å². The number of hydrogen-bond acceptors (Lipinski definition) is 4. The molecular weight excluding hydrogens is 262 g/mol. The molecule has 5 heteroatoms. The highest BCUT2D eigenvalue weighted by atomic mass is 15.3. The Morgan fingerprint density at radius 3 is 2.86 bits per heavy atom. The zero-order valence-corrected chi connectivity index (χ0v) is 12.5. The lowest BCUT2D eigenvalue weighted by molar-refractivity contribution is 0.728. The first-order valence-corrected chi connectivity index (χ1v) is 6.95. The average molecular weight is 281 g/mol. The van der Waals surface area contributed by atoms with Gasteiger partial charge in [-0.2, -0.15) is 5.10 Å². The minimum atomic E-state index is 0.169. The second-order valence-corrected chi connectivity index (χ2v) is 5.32. The Morgan fingerprint density at radius 2 is 2.10 bits per heavy atom. The molecule has 2 aromatic heterocycles. The molecule has 5 nitrogen and oxygen atoms in total. The van der Waals surface area contributed by atoms with Gasteiger partial charge in [0.15, 0.2) is 5.82 Å². The van der Waals surface area contributed by atoms with Crippen LogP contribution >= 0.6 is 0 Å². The number of anilines is 2. The van der Waals surface area contributed by atoms with E-state index in [1.165, 1.54) is 0 Å². The fraction of sp³-hybridized carbons (Fsp3) is 0.250. The van der Waals surface area contributed by atoms with Crippen molar-refractivity contribution in [2.45, 2.75) is 19.9 Å². The first kappa shape index (κ1) is 13.4. The van der Waals surface area contributed by atoms with Crippen LogP contribution in [0.4, 0.5) is 11.5 Å². The summed E-state index contributed by atoms with van der Waals surface area (Å²) in [4.78, 5) is 6.67. The molecule has 21 heavy (non-hydrogen) atoms. The minimum Gasteiger partial charge on any atom is -0.399 e. The van der Waals surface area contributed by atoms with E-state index in [9.17, 15) is 0 Å². The van der Waals surface area contributed by atoms with Crippen molar-refractivity contribution in [3.63, 3.8) is 0 Å². The van der Waals surface area contributed by atoms with Crippen LogP contribution in [0.2, 0.25) is 0 Å². The van der Waals surface area contributed by atoms with Gasteiger partial charge >= 0.3 is 0 Å². The molecule has 0 bridgehead atoms. The summed E-state index contributed by atoms with van der Waals surface area (Å²) >= 11 is 0. The van der Waals surface area contributed by atoms with E-state index in [2.05, 4.69) is 28.0 Å². The molecule has 108 valence electrons. The van der Waals surface area contributed by atoms with Crippen molar-refractivity contribution in [2.24, 2.45) is 0 Å². The van der Waals surface area contributed by atoms with E-state index in [0.29, 0.717) is 0 Å². The fourth-order valence-electron chi connectivity index (χ4n) is 2.53.